The molecule has 0 radical (unpaired) electrons. The summed E-state index contributed by atoms with van der Waals surface area (Å²) in [4.78, 5) is 4.21. The van der Waals surface area contributed by atoms with E-state index in [1.807, 2.05) is 12.1 Å². The third kappa shape index (κ3) is 2.04. The zero-order chi connectivity index (χ0) is 7.56. The number of alkyl halides is 1. The second kappa shape index (κ2) is 3.83. The van der Waals surface area contributed by atoms with Crippen LogP contribution in [-0.4, -0.2) is 4.98 Å². The van der Waals surface area contributed by atoms with Crippen molar-refractivity contribution in [3.63, 3.8) is 0 Å². The molecule has 0 bridgehead atoms. The molecule has 0 unspecified atom stereocenters. The van der Waals surface area contributed by atoms with Crippen molar-refractivity contribution in [2.75, 3.05) is 0 Å². The average Bonchev–Trinajstić information content (AvgIpc) is 1.94. The van der Waals surface area contributed by atoms with Crippen molar-refractivity contribution >= 4 is 47.8 Å². The fraction of sp³-hybridized carbons (Fsp3) is 0.167. The summed E-state index contributed by atoms with van der Waals surface area (Å²) < 4.78 is 1.90. The molecule has 1 heterocycles. The van der Waals surface area contributed by atoms with Crippen molar-refractivity contribution < 1.29 is 0 Å². The largest absolute Gasteiger partial charge is 0.244 e. The summed E-state index contributed by atoms with van der Waals surface area (Å²) in [6.07, 6.45) is 0. The van der Waals surface area contributed by atoms with E-state index < -0.39 is 0 Å². The van der Waals surface area contributed by atoms with E-state index >= 15 is 0 Å². The predicted molar refractivity (Wildman–Crippen MR) is 52.3 cm³/mol. The Morgan fingerprint density at radius 3 is 2.50 bits per heavy atom. The predicted octanol–water partition coefficient (Wildman–Crippen LogP) is 3.50. The van der Waals surface area contributed by atoms with Gasteiger partial charge in [-0.05, 0) is 44.0 Å². The molecule has 4 heteroatoms. The monoisotopic (exact) mass is 327 g/mol. The van der Waals surface area contributed by atoms with Gasteiger partial charge in [0.25, 0.3) is 0 Å². The van der Waals surface area contributed by atoms with Crippen LogP contribution in [0.1, 0.15) is 5.69 Å². The zero-order valence-corrected chi connectivity index (χ0v) is 9.70. The summed E-state index contributed by atoms with van der Waals surface area (Å²) in [5.41, 5.74) is 1.01. The van der Waals surface area contributed by atoms with Crippen molar-refractivity contribution in [2.45, 2.75) is 5.33 Å². The fourth-order valence-corrected chi connectivity index (χ4v) is 2.06. The van der Waals surface area contributed by atoms with E-state index in [1.54, 1.807) is 0 Å². The number of pyridine rings is 1. The highest BCUT2D eigenvalue weighted by Crippen LogP contribution is 2.19. The quantitative estimate of drug-likeness (QED) is 0.567. The van der Waals surface area contributed by atoms with Gasteiger partial charge in [0.1, 0.15) is 4.60 Å². The molecular formula is C6H4Br3N. The van der Waals surface area contributed by atoms with Crippen LogP contribution in [0.25, 0.3) is 0 Å². The molecule has 0 fully saturated rings. The summed E-state index contributed by atoms with van der Waals surface area (Å²) >= 11 is 9.99. The van der Waals surface area contributed by atoms with Crippen LogP contribution in [0.3, 0.4) is 0 Å². The van der Waals surface area contributed by atoms with Crippen molar-refractivity contribution in [2.24, 2.45) is 0 Å². The Morgan fingerprint density at radius 2 is 2.00 bits per heavy atom. The molecule has 0 saturated carbocycles. The second-order valence-corrected chi connectivity index (χ2v) is 3.92. The lowest BCUT2D eigenvalue weighted by molar-refractivity contribution is 1.14. The van der Waals surface area contributed by atoms with Crippen molar-refractivity contribution in [3.05, 3.63) is 26.9 Å². The first kappa shape index (κ1) is 8.68. The lowest BCUT2D eigenvalue weighted by Crippen LogP contribution is -1.86. The van der Waals surface area contributed by atoms with E-state index in [0.29, 0.717) is 0 Å². The molecule has 0 amide bonds. The van der Waals surface area contributed by atoms with E-state index in [9.17, 15) is 0 Å². The van der Waals surface area contributed by atoms with Gasteiger partial charge in [-0.2, -0.15) is 0 Å². The number of aromatic nitrogens is 1. The third-order valence-electron chi connectivity index (χ3n) is 1.01. The van der Waals surface area contributed by atoms with Crippen molar-refractivity contribution in [3.8, 4) is 0 Å². The number of hydrogen-bond acceptors (Lipinski definition) is 1. The molecule has 0 aromatic carbocycles. The molecule has 10 heavy (non-hydrogen) atoms. The second-order valence-electron chi connectivity index (χ2n) is 1.70. The van der Waals surface area contributed by atoms with Crippen molar-refractivity contribution in [1.82, 2.24) is 4.98 Å². The van der Waals surface area contributed by atoms with E-state index in [-0.39, 0.29) is 0 Å². The number of nitrogens with zero attached hydrogens (tertiary/aromatic N) is 1. The van der Waals surface area contributed by atoms with Gasteiger partial charge in [0.05, 0.1) is 5.69 Å². The van der Waals surface area contributed by atoms with Crippen LogP contribution < -0.4 is 0 Å². The zero-order valence-electron chi connectivity index (χ0n) is 4.94. The molecule has 0 aliphatic rings. The first-order valence-corrected chi connectivity index (χ1v) is 5.31. The maximum absolute atomic E-state index is 4.21. The SMILES string of the molecule is BrCc1nc(Br)ccc1Br. The highest BCUT2D eigenvalue weighted by Gasteiger charge is 1.98. The summed E-state index contributed by atoms with van der Waals surface area (Å²) in [5.74, 6) is 0. The van der Waals surface area contributed by atoms with E-state index in [4.69, 9.17) is 0 Å². The first-order valence-electron chi connectivity index (χ1n) is 2.61. The van der Waals surface area contributed by atoms with Gasteiger partial charge in [-0.3, -0.25) is 0 Å². The Morgan fingerprint density at radius 1 is 1.30 bits per heavy atom. The third-order valence-corrected chi connectivity index (χ3v) is 2.71. The number of hydrogen-bond donors (Lipinski definition) is 0. The normalized spacial score (nSPS) is 9.90. The van der Waals surface area contributed by atoms with Crippen molar-refractivity contribution in [1.29, 1.82) is 0 Å². The molecule has 54 valence electrons. The van der Waals surface area contributed by atoms with Gasteiger partial charge in [-0.25, -0.2) is 4.98 Å². The van der Waals surface area contributed by atoms with Crippen LogP contribution in [0.5, 0.6) is 0 Å². The minimum Gasteiger partial charge on any atom is -0.244 e. The molecule has 1 rings (SSSR count). The highest BCUT2D eigenvalue weighted by atomic mass is 79.9. The molecule has 0 saturated heterocycles. The maximum Gasteiger partial charge on any atom is 0.106 e. The van der Waals surface area contributed by atoms with Gasteiger partial charge in [0, 0.05) is 9.80 Å². The Balaban J connectivity index is 3.09. The maximum atomic E-state index is 4.21. The smallest absolute Gasteiger partial charge is 0.106 e. The summed E-state index contributed by atoms with van der Waals surface area (Å²) in [5, 5.41) is 0.771. The van der Waals surface area contributed by atoms with Crippen LogP contribution in [0.4, 0.5) is 0 Å². The van der Waals surface area contributed by atoms with Crippen LogP contribution in [0.2, 0.25) is 0 Å². The van der Waals surface area contributed by atoms with Crippen LogP contribution in [-0.2, 0) is 5.33 Å². The molecule has 1 aromatic rings. The minimum atomic E-state index is 0.771. The Labute approximate surface area is 84.6 Å². The van der Waals surface area contributed by atoms with E-state index in [1.165, 1.54) is 0 Å². The Kier molecular flexibility index (Phi) is 3.33. The molecule has 0 aliphatic carbocycles. The standard InChI is InChI=1S/C6H4Br3N/c7-3-5-4(8)1-2-6(9)10-5/h1-2H,3H2. The van der Waals surface area contributed by atoms with Gasteiger partial charge in [0.15, 0.2) is 0 Å². The van der Waals surface area contributed by atoms with Gasteiger partial charge < -0.3 is 0 Å². The molecule has 0 atom stereocenters. The molecule has 1 aromatic heterocycles. The Hall–Kier alpha value is 0.590. The lowest BCUT2D eigenvalue weighted by atomic mass is 10.4. The summed E-state index contributed by atoms with van der Waals surface area (Å²) in [6.45, 7) is 0. The topological polar surface area (TPSA) is 12.9 Å². The highest BCUT2D eigenvalue weighted by molar-refractivity contribution is 9.11. The molecule has 0 spiro atoms. The van der Waals surface area contributed by atoms with Crippen LogP contribution in [0, 0.1) is 0 Å². The average molecular weight is 330 g/mol. The fourth-order valence-electron chi connectivity index (χ4n) is 0.551. The van der Waals surface area contributed by atoms with Gasteiger partial charge in [0.2, 0.25) is 0 Å². The molecule has 0 aliphatic heterocycles. The summed E-state index contributed by atoms with van der Waals surface area (Å²) in [6, 6.07) is 3.86. The van der Waals surface area contributed by atoms with E-state index in [2.05, 4.69) is 52.8 Å². The minimum absolute atomic E-state index is 0.771. The first-order chi connectivity index (χ1) is 4.74. The van der Waals surface area contributed by atoms with Gasteiger partial charge in [-0.1, -0.05) is 15.9 Å². The van der Waals surface area contributed by atoms with Crippen LogP contribution in [0.15, 0.2) is 21.2 Å². The lowest BCUT2D eigenvalue weighted by Gasteiger charge is -1.97. The number of halogens is 3. The number of rotatable bonds is 1. The molecule has 1 nitrogen and oxygen atoms in total. The summed E-state index contributed by atoms with van der Waals surface area (Å²) in [7, 11) is 0. The van der Waals surface area contributed by atoms with E-state index in [0.717, 1.165) is 20.1 Å². The Bertz CT molecular complexity index is 236. The van der Waals surface area contributed by atoms with Gasteiger partial charge >= 0.3 is 0 Å². The molecular weight excluding hydrogens is 326 g/mol. The van der Waals surface area contributed by atoms with Gasteiger partial charge in [-0.15, -0.1) is 0 Å². The van der Waals surface area contributed by atoms with Crippen LogP contribution >= 0.6 is 47.8 Å². The molecule has 0 N–H and O–H groups in total.